The molecule has 4 heteroatoms. The zero-order chi connectivity index (χ0) is 12.0. The monoisotopic (exact) mass is 230 g/mol. The molecule has 0 radical (unpaired) electrons. The Kier molecular flexibility index (Phi) is 2.11. The van der Waals surface area contributed by atoms with Gasteiger partial charge in [0.1, 0.15) is 0 Å². The van der Waals surface area contributed by atoms with Crippen LogP contribution in [0.3, 0.4) is 0 Å². The molecule has 1 aromatic heterocycles. The summed E-state index contributed by atoms with van der Waals surface area (Å²) in [6.07, 6.45) is 2.23. The van der Waals surface area contributed by atoms with Gasteiger partial charge in [0.05, 0.1) is 12.7 Å². The first-order valence-electron chi connectivity index (χ1n) is 5.71. The van der Waals surface area contributed by atoms with Crippen LogP contribution in [-0.2, 0) is 17.7 Å². The van der Waals surface area contributed by atoms with Gasteiger partial charge in [0.15, 0.2) is 0 Å². The minimum Gasteiger partial charge on any atom is -0.465 e. The van der Waals surface area contributed by atoms with Crippen LogP contribution < -0.4 is 5.73 Å². The second-order valence-corrected chi connectivity index (χ2v) is 4.35. The van der Waals surface area contributed by atoms with Crippen LogP contribution in [0.5, 0.6) is 0 Å². The predicted molar refractivity (Wildman–Crippen MR) is 66.0 cm³/mol. The van der Waals surface area contributed by atoms with Crippen LogP contribution in [0.2, 0.25) is 0 Å². The van der Waals surface area contributed by atoms with E-state index in [1.165, 1.54) is 19.2 Å². The summed E-state index contributed by atoms with van der Waals surface area (Å²) in [5.74, 6) is -0.364. The first-order chi connectivity index (χ1) is 8.22. The largest absolute Gasteiger partial charge is 0.465 e. The molecule has 0 unspecified atom stereocenters. The van der Waals surface area contributed by atoms with E-state index in [1.54, 1.807) is 6.07 Å². The van der Waals surface area contributed by atoms with Crippen LogP contribution in [0.25, 0.3) is 10.9 Å². The van der Waals surface area contributed by atoms with Crippen molar-refractivity contribution in [1.82, 2.24) is 4.57 Å². The smallest absolute Gasteiger partial charge is 0.340 e. The lowest BCUT2D eigenvalue weighted by Crippen LogP contribution is -2.06. The third-order valence-electron chi connectivity index (χ3n) is 3.41. The first kappa shape index (κ1) is 10.2. The van der Waals surface area contributed by atoms with Gasteiger partial charge in [-0.1, -0.05) is 0 Å². The van der Waals surface area contributed by atoms with Crippen LogP contribution in [0.15, 0.2) is 18.2 Å². The number of hydrogen-bond acceptors (Lipinski definition) is 3. The van der Waals surface area contributed by atoms with Crippen molar-refractivity contribution in [3.8, 4) is 0 Å². The Labute approximate surface area is 99.0 Å². The molecule has 0 saturated carbocycles. The highest BCUT2D eigenvalue weighted by Gasteiger charge is 2.21. The molecule has 1 aromatic carbocycles. The predicted octanol–water partition coefficient (Wildman–Crippen LogP) is 1.96. The van der Waals surface area contributed by atoms with Gasteiger partial charge in [-0.25, -0.2) is 4.79 Å². The number of benzene rings is 1. The van der Waals surface area contributed by atoms with Crippen LogP contribution >= 0.6 is 0 Å². The summed E-state index contributed by atoms with van der Waals surface area (Å²) in [5.41, 5.74) is 9.19. The van der Waals surface area contributed by atoms with Crippen molar-refractivity contribution < 1.29 is 9.53 Å². The summed E-state index contributed by atoms with van der Waals surface area (Å²) in [4.78, 5) is 11.8. The number of carbonyl (C=O) groups excluding carboxylic acids is 1. The normalized spacial score (nSPS) is 13.9. The zero-order valence-corrected chi connectivity index (χ0v) is 9.69. The molecule has 3 rings (SSSR count). The Bertz CT molecular complexity index is 613. The number of aromatic nitrogens is 1. The number of methoxy groups -OCH3 is 1. The van der Waals surface area contributed by atoms with Gasteiger partial charge in [-0.15, -0.1) is 0 Å². The summed E-state index contributed by atoms with van der Waals surface area (Å²) >= 11 is 0. The number of nitrogens with zero attached hydrogens (tertiary/aromatic N) is 1. The van der Waals surface area contributed by atoms with E-state index in [0.29, 0.717) is 11.3 Å². The average molecular weight is 230 g/mol. The number of nitrogen functional groups attached to an aromatic ring is 1. The van der Waals surface area contributed by atoms with E-state index in [2.05, 4.69) is 10.6 Å². The number of nitrogens with two attached hydrogens (primary N) is 1. The van der Waals surface area contributed by atoms with E-state index in [0.717, 1.165) is 23.9 Å². The Morgan fingerprint density at radius 3 is 3.06 bits per heavy atom. The molecule has 88 valence electrons. The summed E-state index contributed by atoms with van der Waals surface area (Å²) in [6.45, 7) is 1.02. The number of aryl methyl sites for hydroxylation is 2. The molecule has 0 amide bonds. The van der Waals surface area contributed by atoms with Crippen LogP contribution in [-0.4, -0.2) is 17.6 Å². The lowest BCUT2D eigenvalue weighted by atomic mass is 10.1. The van der Waals surface area contributed by atoms with Gasteiger partial charge < -0.3 is 15.0 Å². The summed E-state index contributed by atoms with van der Waals surface area (Å²) in [7, 11) is 1.38. The summed E-state index contributed by atoms with van der Waals surface area (Å²) in [6, 6.07) is 5.82. The molecule has 2 N–H and O–H groups in total. The molecule has 0 aliphatic carbocycles. The highest BCUT2D eigenvalue weighted by Crippen LogP contribution is 2.31. The van der Waals surface area contributed by atoms with Gasteiger partial charge in [0.25, 0.3) is 0 Å². The van der Waals surface area contributed by atoms with E-state index < -0.39 is 0 Å². The molecule has 0 saturated heterocycles. The van der Waals surface area contributed by atoms with E-state index in [1.807, 2.05) is 6.07 Å². The van der Waals surface area contributed by atoms with Crippen molar-refractivity contribution in [2.24, 2.45) is 0 Å². The number of carbonyl (C=O) groups is 1. The van der Waals surface area contributed by atoms with Crippen molar-refractivity contribution >= 4 is 22.6 Å². The van der Waals surface area contributed by atoms with Crippen molar-refractivity contribution in [2.45, 2.75) is 19.4 Å². The maximum atomic E-state index is 11.8. The topological polar surface area (TPSA) is 57.2 Å². The Morgan fingerprint density at radius 2 is 2.29 bits per heavy atom. The fraction of sp³-hybridized carbons (Fsp3) is 0.308. The molecule has 1 aliphatic rings. The van der Waals surface area contributed by atoms with Crippen molar-refractivity contribution in [1.29, 1.82) is 0 Å². The minimum atomic E-state index is -0.364. The van der Waals surface area contributed by atoms with Gasteiger partial charge >= 0.3 is 5.97 Å². The van der Waals surface area contributed by atoms with Crippen molar-refractivity contribution in [3.63, 3.8) is 0 Å². The molecule has 4 nitrogen and oxygen atoms in total. The molecular formula is C13H14N2O2. The number of fused-ring (bicyclic) bond motifs is 3. The lowest BCUT2D eigenvalue weighted by molar-refractivity contribution is 0.0604. The van der Waals surface area contributed by atoms with Crippen molar-refractivity contribution in [2.75, 3.05) is 12.8 Å². The van der Waals surface area contributed by atoms with Gasteiger partial charge in [-0.05, 0) is 31.0 Å². The number of anilines is 1. The van der Waals surface area contributed by atoms with Crippen LogP contribution in [0, 0.1) is 0 Å². The maximum absolute atomic E-state index is 11.8. The van der Waals surface area contributed by atoms with Gasteiger partial charge in [-0.2, -0.15) is 0 Å². The number of hydrogen-bond donors (Lipinski definition) is 1. The minimum absolute atomic E-state index is 0.364. The Morgan fingerprint density at radius 1 is 1.47 bits per heavy atom. The molecule has 1 aliphatic heterocycles. The molecule has 0 bridgehead atoms. The SMILES string of the molecule is COC(=O)c1c(N)ccc2c1cc1n2CCC1. The fourth-order valence-electron chi connectivity index (χ4n) is 2.63. The fourth-order valence-corrected chi connectivity index (χ4v) is 2.63. The molecule has 2 aromatic rings. The highest BCUT2D eigenvalue weighted by atomic mass is 16.5. The van der Waals surface area contributed by atoms with Gasteiger partial charge in [0.2, 0.25) is 0 Å². The first-order valence-corrected chi connectivity index (χ1v) is 5.71. The van der Waals surface area contributed by atoms with E-state index in [9.17, 15) is 4.79 Å². The quantitative estimate of drug-likeness (QED) is 0.601. The maximum Gasteiger partial charge on any atom is 0.340 e. The Hall–Kier alpha value is -1.97. The molecule has 0 fully saturated rings. The van der Waals surface area contributed by atoms with E-state index >= 15 is 0 Å². The zero-order valence-electron chi connectivity index (χ0n) is 9.69. The number of esters is 1. The summed E-state index contributed by atoms with van der Waals surface area (Å²) < 4.78 is 7.05. The van der Waals surface area contributed by atoms with Crippen molar-refractivity contribution in [3.05, 3.63) is 29.5 Å². The molecule has 0 spiro atoms. The van der Waals surface area contributed by atoms with Crippen LogP contribution in [0.4, 0.5) is 5.69 Å². The van der Waals surface area contributed by atoms with Crippen LogP contribution in [0.1, 0.15) is 22.5 Å². The third kappa shape index (κ3) is 1.33. The second kappa shape index (κ2) is 3.52. The van der Waals surface area contributed by atoms with Gasteiger partial charge in [-0.3, -0.25) is 0 Å². The van der Waals surface area contributed by atoms with E-state index in [4.69, 9.17) is 10.5 Å². The average Bonchev–Trinajstić information content (AvgIpc) is 2.88. The number of ether oxygens (including phenoxy) is 1. The number of rotatable bonds is 1. The van der Waals surface area contributed by atoms with E-state index in [-0.39, 0.29) is 5.97 Å². The second-order valence-electron chi connectivity index (χ2n) is 4.35. The molecule has 2 heterocycles. The summed E-state index contributed by atoms with van der Waals surface area (Å²) in [5, 5.41) is 0.909. The highest BCUT2D eigenvalue weighted by molar-refractivity contribution is 6.08. The molecule has 0 atom stereocenters. The third-order valence-corrected chi connectivity index (χ3v) is 3.41. The standard InChI is InChI=1S/C13H14N2O2/c1-17-13(16)12-9-7-8-3-2-6-15(8)11(9)5-4-10(12)14/h4-5,7H,2-3,6,14H2,1H3. The molecular weight excluding hydrogens is 216 g/mol. The molecule has 17 heavy (non-hydrogen) atoms. The van der Waals surface area contributed by atoms with Gasteiger partial charge in [0, 0.05) is 28.8 Å². The Balaban J connectivity index is 2.34. The lowest BCUT2D eigenvalue weighted by Gasteiger charge is -2.06.